The van der Waals surface area contributed by atoms with Gasteiger partial charge < -0.3 is 14.8 Å². The standard InChI is InChI=1S/C18H29NO2/c1-7-19-12-16(13(2)3)10-15-8-9-17(21-14(4)5)18(11-15)20-6/h8-11,13-14,19H,7,12H2,1-6H3. The number of ether oxygens (including phenoxy) is 2. The van der Waals surface area contributed by atoms with E-state index in [0.29, 0.717) is 5.92 Å². The van der Waals surface area contributed by atoms with E-state index in [0.717, 1.165) is 30.2 Å². The van der Waals surface area contributed by atoms with E-state index in [2.05, 4.69) is 38.2 Å². The molecule has 0 amide bonds. The van der Waals surface area contributed by atoms with Gasteiger partial charge >= 0.3 is 0 Å². The van der Waals surface area contributed by atoms with E-state index in [1.165, 1.54) is 5.57 Å². The van der Waals surface area contributed by atoms with Crippen LogP contribution in [-0.4, -0.2) is 26.3 Å². The molecule has 0 spiro atoms. The van der Waals surface area contributed by atoms with Crippen LogP contribution in [0.1, 0.15) is 40.2 Å². The van der Waals surface area contributed by atoms with Crippen LogP contribution in [0.2, 0.25) is 0 Å². The van der Waals surface area contributed by atoms with Crippen LogP contribution in [-0.2, 0) is 0 Å². The Morgan fingerprint density at radius 1 is 1.19 bits per heavy atom. The van der Waals surface area contributed by atoms with Crippen LogP contribution in [0.25, 0.3) is 6.08 Å². The number of likely N-dealkylation sites (N-methyl/N-ethyl adjacent to an activating group) is 1. The largest absolute Gasteiger partial charge is 0.493 e. The summed E-state index contributed by atoms with van der Waals surface area (Å²) in [5, 5.41) is 3.39. The van der Waals surface area contributed by atoms with Crippen molar-refractivity contribution in [3.8, 4) is 11.5 Å². The molecular formula is C18H29NO2. The molecule has 0 saturated heterocycles. The van der Waals surface area contributed by atoms with E-state index in [1.807, 2.05) is 26.0 Å². The smallest absolute Gasteiger partial charge is 0.161 e. The van der Waals surface area contributed by atoms with E-state index in [4.69, 9.17) is 9.47 Å². The second kappa shape index (κ2) is 8.73. The summed E-state index contributed by atoms with van der Waals surface area (Å²) in [4.78, 5) is 0. The highest BCUT2D eigenvalue weighted by Gasteiger charge is 2.08. The maximum Gasteiger partial charge on any atom is 0.161 e. The molecule has 0 fully saturated rings. The third-order valence-corrected chi connectivity index (χ3v) is 3.22. The summed E-state index contributed by atoms with van der Waals surface area (Å²) in [5.41, 5.74) is 2.53. The van der Waals surface area contributed by atoms with Crippen molar-refractivity contribution in [1.82, 2.24) is 5.32 Å². The molecule has 0 unspecified atom stereocenters. The molecule has 0 bridgehead atoms. The molecule has 0 aliphatic rings. The lowest BCUT2D eigenvalue weighted by atomic mass is 10.00. The van der Waals surface area contributed by atoms with Gasteiger partial charge in [0.25, 0.3) is 0 Å². The van der Waals surface area contributed by atoms with E-state index in [-0.39, 0.29) is 6.10 Å². The first-order valence-corrected chi connectivity index (χ1v) is 7.73. The van der Waals surface area contributed by atoms with Crippen molar-refractivity contribution >= 4 is 6.08 Å². The fourth-order valence-electron chi connectivity index (χ4n) is 2.03. The van der Waals surface area contributed by atoms with Gasteiger partial charge in [-0.25, -0.2) is 0 Å². The molecule has 118 valence electrons. The van der Waals surface area contributed by atoms with Crippen LogP contribution < -0.4 is 14.8 Å². The van der Waals surface area contributed by atoms with E-state index in [1.54, 1.807) is 7.11 Å². The van der Waals surface area contributed by atoms with Crippen LogP contribution in [0.5, 0.6) is 11.5 Å². The first kappa shape index (κ1) is 17.6. The Labute approximate surface area is 129 Å². The zero-order valence-electron chi connectivity index (χ0n) is 14.2. The van der Waals surface area contributed by atoms with Crippen molar-refractivity contribution in [2.45, 2.75) is 40.7 Å². The minimum Gasteiger partial charge on any atom is -0.493 e. The molecule has 1 rings (SSSR count). The number of hydrogen-bond acceptors (Lipinski definition) is 3. The molecular weight excluding hydrogens is 262 g/mol. The topological polar surface area (TPSA) is 30.5 Å². The van der Waals surface area contributed by atoms with Gasteiger partial charge in [-0.05, 0) is 44.0 Å². The molecule has 1 aromatic rings. The number of rotatable bonds is 8. The van der Waals surface area contributed by atoms with Crippen LogP contribution in [0, 0.1) is 5.92 Å². The predicted octanol–water partition coefficient (Wildman–Crippen LogP) is 4.13. The number of nitrogens with one attached hydrogen (secondary N) is 1. The molecule has 21 heavy (non-hydrogen) atoms. The summed E-state index contributed by atoms with van der Waals surface area (Å²) in [6.07, 6.45) is 2.37. The van der Waals surface area contributed by atoms with Crippen LogP contribution in [0.3, 0.4) is 0 Å². The highest BCUT2D eigenvalue weighted by atomic mass is 16.5. The Balaban J connectivity index is 3.01. The van der Waals surface area contributed by atoms with Crippen molar-refractivity contribution in [2.24, 2.45) is 5.92 Å². The SMILES string of the molecule is CCNCC(=Cc1ccc(OC(C)C)c(OC)c1)C(C)C. The summed E-state index contributed by atoms with van der Waals surface area (Å²) in [5.74, 6) is 2.09. The van der Waals surface area contributed by atoms with Crippen molar-refractivity contribution in [3.05, 3.63) is 29.3 Å². The zero-order chi connectivity index (χ0) is 15.8. The van der Waals surface area contributed by atoms with Crippen LogP contribution in [0.15, 0.2) is 23.8 Å². The number of hydrogen-bond donors (Lipinski definition) is 1. The quantitative estimate of drug-likeness (QED) is 0.781. The van der Waals surface area contributed by atoms with Gasteiger partial charge in [-0.2, -0.15) is 0 Å². The average Bonchev–Trinajstić information content (AvgIpc) is 2.43. The van der Waals surface area contributed by atoms with E-state index < -0.39 is 0 Å². The lowest BCUT2D eigenvalue weighted by Gasteiger charge is -2.15. The number of benzene rings is 1. The molecule has 0 aliphatic heterocycles. The second-order valence-electron chi connectivity index (χ2n) is 5.73. The fourth-order valence-corrected chi connectivity index (χ4v) is 2.03. The van der Waals surface area contributed by atoms with Gasteiger partial charge in [0.2, 0.25) is 0 Å². The molecule has 0 aliphatic carbocycles. The lowest BCUT2D eigenvalue weighted by Crippen LogP contribution is -2.18. The van der Waals surface area contributed by atoms with Crippen LogP contribution in [0.4, 0.5) is 0 Å². The van der Waals surface area contributed by atoms with Gasteiger partial charge in [0, 0.05) is 6.54 Å². The van der Waals surface area contributed by atoms with Crippen molar-refractivity contribution in [3.63, 3.8) is 0 Å². The van der Waals surface area contributed by atoms with E-state index >= 15 is 0 Å². The highest BCUT2D eigenvalue weighted by Crippen LogP contribution is 2.30. The predicted molar refractivity (Wildman–Crippen MR) is 90.1 cm³/mol. The Kier molecular flexibility index (Phi) is 7.30. The first-order valence-electron chi connectivity index (χ1n) is 7.73. The molecule has 0 radical (unpaired) electrons. The monoisotopic (exact) mass is 291 g/mol. The maximum atomic E-state index is 5.75. The molecule has 3 heteroatoms. The Morgan fingerprint density at radius 3 is 2.43 bits per heavy atom. The summed E-state index contributed by atoms with van der Waals surface area (Å²) in [7, 11) is 1.68. The van der Waals surface area contributed by atoms with Crippen molar-refractivity contribution in [2.75, 3.05) is 20.2 Å². The summed E-state index contributed by atoms with van der Waals surface area (Å²) in [6.45, 7) is 12.5. The fraction of sp³-hybridized carbons (Fsp3) is 0.556. The third kappa shape index (κ3) is 5.80. The Bertz CT molecular complexity index is 464. The second-order valence-corrected chi connectivity index (χ2v) is 5.73. The maximum absolute atomic E-state index is 5.75. The normalized spacial score (nSPS) is 12.1. The molecule has 0 heterocycles. The third-order valence-electron chi connectivity index (χ3n) is 3.22. The summed E-state index contributed by atoms with van der Waals surface area (Å²) >= 11 is 0. The van der Waals surface area contributed by atoms with Gasteiger partial charge in [-0.3, -0.25) is 0 Å². The van der Waals surface area contributed by atoms with Gasteiger partial charge in [0.1, 0.15) is 0 Å². The molecule has 3 nitrogen and oxygen atoms in total. The van der Waals surface area contributed by atoms with Gasteiger partial charge in [-0.15, -0.1) is 0 Å². The van der Waals surface area contributed by atoms with Gasteiger partial charge in [0.15, 0.2) is 11.5 Å². The Morgan fingerprint density at radius 2 is 1.90 bits per heavy atom. The van der Waals surface area contributed by atoms with Crippen LogP contribution >= 0.6 is 0 Å². The molecule has 1 N–H and O–H groups in total. The highest BCUT2D eigenvalue weighted by molar-refractivity contribution is 5.58. The lowest BCUT2D eigenvalue weighted by molar-refractivity contribution is 0.230. The molecule has 0 saturated carbocycles. The van der Waals surface area contributed by atoms with Gasteiger partial charge in [0.05, 0.1) is 13.2 Å². The average molecular weight is 291 g/mol. The first-order chi connectivity index (χ1) is 9.97. The van der Waals surface area contributed by atoms with Crippen molar-refractivity contribution < 1.29 is 9.47 Å². The summed E-state index contributed by atoms with van der Waals surface area (Å²) in [6, 6.07) is 6.09. The summed E-state index contributed by atoms with van der Waals surface area (Å²) < 4.78 is 11.2. The van der Waals surface area contributed by atoms with Gasteiger partial charge in [-0.1, -0.05) is 38.5 Å². The number of methoxy groups -OCH3 is 1. The Hall–Kier alpha value is -1.48. The molecule has 0 aromatic heterocycles. The minimum absolute atomic E-state index is 0.139. The molecule has 0 atom stereocenters. The molecule has 1 aromatic carbocycles. The zero-order valence-corrected chi connectivity index (χ0v) is 14.2. The minimum atomic E-state index is 0.139. The van der Waals surface area contributed by atoms with E-state index in [9.17, 15) is 0 Å². The van der Waals surface area contributed by atoms with Crippen molar-refractivity contribution in [1.29, 1.82) is 0 Å².